The van der Waals surface area contributed by atoms with Crippen LogP contribution in [0.4, 0.5) is 0 Å². The molecule has 1 aliphatic heterocycles. The smallest absolute Gasteiger partial charge is 0.248 e. The first-order valence-corrected chi connectivity index (χ1v) is 13.6. The zero-order valence-electron chi connectivity index (χ0n) is 25.3. The number of carbonyl (C=O) groups excluding carboxylic acids is 3. The minimum Gasteiger partial charge on any atom is -0.383 e. The SMILES string of the molecule is C#C.C#C.CC(C)CC(=O)N1CCCC(C)(C)C1.CN(C)/C=C/C(=O)c1cccc(C(N)=O)c1.Clc1ccccc1. The molecule has 2 aromatic carbocycles. The summed E-state index contributed by atoms with van der Waals surface area (Å²) in [6.45, 7) is 10.6. The van der Waals surface area contributed by atoms with Gasteiger partial charge in [0.15, 0.2) is 5.78 Å². The maximum atomic E-state index is 11.8. The molecule has 0 spiro atoms. The summed E-state index contributed by atoms with van der Waals surface area (Å²) >= 11 is 5.54. The number of allylic oxidation sites excluding steroid dienone is 1. The molecular formula is C34H46ClN3O3. The van der Waals surface area contributed by atoms with Crippen LogP contribution in [0.5, 0.6) is 0 Å². The number of terminal acetylenes is 2. The van der Waals surface area contributed by atoms with E-state index in [4.69, 9.17) is 17.3 Å². The Balaban J connectivity index is 0. The molecule has 6 nitrogen and oxygen atoms in total. The Hall–Kier alpha value is -4.00. The van der Waals surface area contributed by atoms with Gasteiger partial charge in [0.1, 0.15) is 0 Å². The lowest BCUT2D eigenvalue weighted by Gasteiger charge is -2.38. The van der Waals surface area contributed by atoms with Gasteiger partial charge in [-0.2, -0.15) is 0 Å². The van der Waals surface area contributed by atoms with E-state index in [1.807, 2.05) is 49.3 Å². The highest BCUT2D eigenvalue weighted by Crippen LogP contribution is 2.28. The van der Waals surface area contributed by atoms with Crippen LogP contribution in [0.2, 0.25) is 5.02 Å². The van der Waals surface area contributed by atoms with E-state index in [2.05, 4.69) is 53.4 Å². The third-order valence-electron chi connectivity index (χ3n) is 5.52. The van der Waals surface area contributed by atoms with Crippen LogP contribution in [0, 0.1) is 37.0 Å². The summed E-state index contributed by atoms with van der Waals surface area (Å²) < 4.78 is 0. The maximum absolute atomic E-state index is 11.8. The zero-order chi connectivity index (χ0) is 32.0. The van der Waals surface area contributed by atoms with E-state index in [0.717, 1.165) is 24.5 Å². The van der Waals surface area contributed by atoms with Gasteiger partial charge < -0.3 is 15.5 Å². The predicted octanol–water partition coefficient (Wildman–Crippen LogP) is 6.56. The molecule has 7 heteroatoms. The number of rotatable bonds is 6. The molecule has 3 rings (SSSR count). The van der Waals surface area contributed by atoms with Gasteiger partial charge in [0.05, 0.1) is 0 Å². The van der Waals surface area contributed by atoms with E-state index in [0.29, 0.717) is 34.8 Å². The van der Waals surface area contributed by atoms with E-state index in [9.17, 15) is 14.4 Å². The van der Waals surface area contributed by atoms with Crippen molar-refractivity contribution in [3.63, 3.8) is 0 Å². The van der Waals surface area contributed by atoms with Crippen molar-refractivity contribution in [2.45, 2.75) is 47.0 Å². The van der Waals surface area contributed by atoms with E-state index >= 15 is 0 Å². The van der Waals surface area contributed by atoms with Crippen molar-refractivity contribution in [1.29, 1.82) is 0 Å². The van der Waals surface area contributed by atoms with Crippen molar-refractivity contribution in [1.82, 2.24) is 9.80 Å². The normalized spacial score (nSPS) is 12.9. The van der Waals surface area contributed by atoms with Crippen molar-refractivity contribution in [3.8, 4) is 25.7 Å². The Kier molecular flexibility index (Phi) is 20.8. The lowest BCUT2D eigenvalue weighted by molar-refractivity contribution is -0.135. The molecule has 0 aromatic heterocycles. The summed E-state index contributed by atoms with van der Waals surface area (Å²) in [5, 5.41) is 0.794. The van der Waals surface area contributed by atoms with Gasteiger partial charge in [0.25, 0.3) is 0 Å². The molecule has 222 valence electrons. The molecule has 0 unspecified atom stereocenters. The molecule has 1 fully saturated rings. The first-order chi connectivity index (χ1) is 19.3. The van der Waals surface area contributed by atoms with Crippen LogP contribution in [0.1, 0.15) is 67.7 Å². The van der Waals surface area contributed by atoms with Crippen molar-refractivity contribution in [3.05, 3.63) is 83.0 Å². The van der Waals surface area contributed by atoms with Crippen LogP contribution in [0.15, 0.2) is 66.9 Å². The lowest BCUT2D eigenvalue weighted by Crippen LogP contribution is -2.43. The standard InChI is InChI=1S/C12H14N2O2.C12H23NO.C6H5Cl.2C2H2/c1-14(2)7-6-11(15)9-4-3-5-10(8-9)12(13)16;1-10(2)8-11(14)13-7-5-6-12(3,4)9-13;7-6-4-2-1-3-5-6;2*1-2/h3-8H,1-2H3,(H2,13,16);10H,5-9H2,1-4H3;1-5H;2*1-2H/b7-6+;;;;. The number of halogens is 1. The molecule has 2 N–H and O–H groups in total. The van der Waals surface area contributed by atoms with E-state index < -0.39 is 5.91 Å². The highest BCUT2D eigenvalue weighted by atomic mass is 35.5. The van der Waals surface area contributed by atoms with Crippen LogP contribution in [-0.4, -0.2) is 54.6 Å². The fourth-order valence-electron chi connectivity index (χ4n) is 3.67. The second-order valence-electron chi connectivity index (χ2n) is 10.6. The average Bonchev–Trinajstić information content (AvgIpc) is 2.94. The van der Waals surface area contributed by atoms with E-state index in [1.54, 1.807) is 29.3 Å². The van der Waals surface area contributed by atoms with Crippen LogP contribution >= 0.6 is 11.6 Å². The number of primary amides is 1. The van der Waals surface area contributed by atoms with Gasteiger partial charge in [-0.3, -0.25) is 14.4 Å². The first-order valence-electron chi connectivity index (χ1n) is 13.2. The van der Waals surface area contributed by atoms with Gasteiger partial charge in [-0.15, -0.1) is 25.7 Å². The molecule has 2 amide bonds. The highest BCUT2D eigenvalue weighted by molar-refractivity contribution is 6.30. The van der Waals surface area contributed by atoms with Crippen LogP contribution in [0.3, 0.4) is 0 Å². The molecule has 1 heterocycles. The van der Waals surface area contributed by atoms with Gasteiger partial charge in [-0.1, -0.05) is 69.6 Å². The quantitative estimate of drug-likeness (QED) is 0.238. The van der Waals surface area contributed by atoms with Crippen LogP contribution in [-0.2, 0) is 4.79 Å². The number of likely N-dealkylation sites (tertiary alicyclic amines) is 1. The number of hydrogen-bond donors (Lipinski definition) is 1. The van der Waals surface area contributed by atoms with Crippen LogP contribution in [0.25, 0.3) is 0 Å². The number of piperidine rings is 1. The number of ketones is 1. The summed E-state index contributed by atoms with van der Waals surface area (Å²) in [5.74, 6) is 0.128. The number of carbonyl (C=O) groups is 3. The number of amides is 2. The van der Waals surface area contributed by atoms with Gasteiger partial charge in [-0.25, -0.2) is 0 Å². The Morgan fingerprint density at radius 1 is 1.00 bits per heavy atom. The van der Waals surface area contributed by atoms with Crippen molar-refractivity contribution >= 4 is 29.2 Å². The maximum Gasteiger partial charge on any atom is 0.248 e. The van der Waals surface area contributed by atoms with Crippen LogP contribution < -0.4 is 5.73 Å². The van der Waals surface area contributed by atoms with Crippen molar-refractivity contribution in [2.24, 2.45) is 17.1 Å². The Morgan fingerprint density at radius 2 is 1.56 bits per heavy atom. The van der Waals surface area contributed by atoms with Gasteiger partial charge in [-0.05, 0) is 48.4 Å². The first kappa shape index (κ1) is 39.1. The summed E-state index contributed by atoms with van der Waals surface area (Å²) in [6, 6.07) is 15.8. The van der Waals surface area contributed by atoms with Crippen molar-refractivity contribution < 1.29 is 14.4 Å². The summed E-state index contributed by atoms with van der Waals surface area (Å²) in [4.78, 5) is 38.2. The number of benzene rings is 2. The highest BCUT2D eigenvalue weighted by Gasteiger charge is 2.28. The van der Waals surface area contributed by atoms with Gasteiger partial charge in [0, 0.05) is 62.0 Å². The minimum absolute atomic E-state index is 0.156. The Bertz CT molecular complexity index is 1110. The molecular weight excluding hydrogens is 534 g/mol. The zero-order valence-corrected chi connectivity index (χ0v) is 26.1. The summed E-state index contributed by atoms with van der Waals surface area (Å²) in [6.07, 6.45) is 22.2. The fourth-order valence-corrected chi connectivity index (χ4v) is 3.81. The fraction of sp³-hybridized carbons (Fsp3) is 0.382. The molecule has 0 atom stereocenters. The summed E-state index contributed by atoms with van der Waals surface area (Å²) in [7, 11) is 3.65. The molecule has 0 bridgehead atoms. The molecule has 0 saturated carbocycles. The third kappa shape index (κ3) is 18.8. The monoisotopic (exact) mass is 579 g/mol. The van der Waals surface area contributed by atoms with E-state index in [1.165, 1.54) is 18.6 Å². The number of nitrogens with zero attached hydrogens (tertiary/aromatic N) is 2. The Labute approximate surface area is 252 Å². The lowest BCUT2D eigenvalue weighted by atomic mass is 9.84. The number of nitrogens with two attached hydrogens (primary N) is 1. The molecule has 2 aromatic rings. The van der Waals surface area contributed by atoms with Gasteiger partial charge in [0.2, 0.25) is 11.8 Å². The topological polar surface area (TPSA) is 83.7 Å². The van der Waals surface area contributed by atoms with Crippen molar-refractivity contribution in [2.75, 3.05) is 27.2 Å². The molecule has 41 heavy (non-hydrogen) atoms. The molecule has 0 aliphatic carbocycles. The molecule has 0 radical (unpaired) electrons. The molecule has 1 aliphatic rings. The summed E-state index contributed by atoms with van der Waals surface area (Å²) in [5.41, 5.74) is 6.24. The molecule has 1 saturated heterocycles. The average molecular weight is 580 g/mol. The number of hydrogen-bond acceptors (Lipinski definition) is 4. The minimum atomic E-state index is -0.536. The third-order valence-corrected chi connectivity index (χ3v) is 5.78. The largest absolute Gasteiger partial charge is 0.383 e. The second kappa shape index (κ2) is 21.8. The Morgan fingerprint density at radius 3 is 2.00 bits per heavy atom. The van der Waals surface area contributed by atoms with Gasteiger partial charge >= 0.3 is 0 Å². The second-order valence-corrected chi connectivity index (χ2v) is 11.0. The van der Waals surface area contributed by atoms with E-state index in [-0.39, 0.29) is 5.78 Å². The predicted molar refractivity (Wildman–Crippen MR) is 172 cm³/mol.